The fraction of sp³-hybridized carbons (Fsp3) is 0.444. The number of nitrogens with zero attached hydrogens (tertiary/aromatic N) is 2. The number of hydrogen-bond acceptors (Lipinski definition) is 6. The van der Waals surface area contributed by atoms with Crippen molar-refractivity contribution < 1.29 is 18.8 Å². The first kappa shape index (κ1) is 17.9. The summed E-state index contributed by atoms with van der Waals surface area (Å²) in [5.41, 5.74) is 1.07. The van der Waals surface area contributed by atoms with Crippen LogP contribution in [0.4, 0.5) is 0 Å². The molecule has 1 heterocycles. The number of carbonyl (C=O) groups is 2. The second-order valence-corrected chi connectivity index (χ2v) is 6.19. The molecule has 0 unspecified atom stereocenters. The van der Waals surface area contributed by atoms with Crippen LogP contribution >= 0.6 is 0 Å². The van der Waals surface area contributed by atoms with Gasteiger partial charge in [-0.2, -0.15) is 4.98 Å². The molecule has 26 heavy (non-hydrogen) atoms. The fourth-order valence-electron chi connectivity index (χ4n) is 2.43. The van der Waals surface area contributed by atoms with E-state index in [1.165, 1.54) is 0 Å². The Hall–Kier alpha value is -2.90. The molecule has 0 saturated heterocycles. The number of amides is 2. The number of rotatable bonds is 9. The molecule has 1 aliphatic rings. The molecule has 1 saturated carbocycles. The molecule has 138 valence electrons. The SMILES string of the molecule is COc1ccc(CCC(=O)NCCNC(=O)c2nc(C3CC3)no2)cc1. The average molecular weight is 358 g/mol. The zero-order chi connectivity index (χ0) is 18.4. The number of hydrogen-bond donors (Lipinski definition) is 2. The first-order valence-electron chi connectivity index (χ1n) is 8.67. The van der Waals surface area contributed by atoms with E-state index in [9.17, 15) is 9.59 Å². The summed E-state index contributed by atoms with van der Waals surface area (Å²) in [6, 6.07) is 7.61. The summed E-state index contributed by atoms with van der Waals surface area (Å²) >= 11 is 0. The highest BCUT2D eigenvalue weighted by atomic mass is 16.5. The van der Waals surface area contributed by atoms with Gasteiger partial charge in [0, 0.05) is 25.4 Å². The van der Waals surface area contributed by atoms with Crippen LogP contribution in [0.25, 0.3) is 0 Å². The van der Waals surface area contributed by atoms with Crippen LogP contribution < -0.4 is 15.4 Å². The van der Waals surface area contributed by atoms with Gasteiger partial charge in [-0.1, -0.05) is 17.3 Å². The first-order valence-corrected chi connectivity index (χ1v) is 8.67. The van der Waals surface area contributed by atoms with E-state index < -0.39 is 5.91 Å². The number of methoxy groups -OCH3 is 1. The second kappa shape index (κ2) is 8.46. The van der Waals surface area contributed by atoms with E-state index >= 15 is 0 Å². The molecule has 1 aromatic carbocycles. The maximum absolute atomic E-state index is 11.9. The topological polar surface area (TPSA) is 106 Å². The predicted molar refractivity (Wildman–Crippen MR) is 92.9 cm³/mol. The van der Waals surface area contributed by atoms with Crippen molar-refractivity contribution in [2.24, 2.45) is 0 Å². The largest absolute Gasteiger partial charge is 0.497 e. The molecule has 1 aliphatic carbocycles. The Morgan fingerprint density at radius 1 is 1.19 bits per heavy atom. The third-order valence-corrected chi connectivity index (χ3v) is 4.11. The highest BCUT2D eigenvalue weighted by molar-refractivity contribution is 5.89. The van der Waals surface area contributed by atoms with E-state index in [1.807, 2.05) is 24.3 Å². The summed E-state index contributed by atoms with van der Waals surface area (Å²) in [5.74, 6) is 1.21. The monoisotopic (exact) mass is 358 g/mol. The highest BCUT2D eigenvalue weighted by Gasteiger charge is 2.29. The molecule has 8 nitrogen and oxygen atoms in total. The molecule has 0 radical (unpaired) electrons. The van der Waals surface area contributed by atoms with E-state index in [0.717, 1.165) is 24.2 Å². The summed E-state index contributed by atoms with van der Waals surface area (Å²) in [7, 11) is 1.62. The number of benzene rings is 1. The number of aryl methyl sites for hydroxylation is 1. The van der Waals surface area contributed by atoms with Crippen LogP contribution in [0.3, 0.4) is 0 Å². The van der Waals surface area contributed by atoms with Crippen LogP contribution in [0.5, 0.6) is 5.75 Å². The number of ether oxygens (including phenoxy) is 1. The number of nitrogens with one attached hydrogen (secondary N) is 2. The highest BCUT2D eigenvalue weighted by Crippen LogP contribution is 2.38. The summed E-state index contributed by atoms with van der Waals surface area (Å²) in [4.78, 5) is 27.8. The number of aromatic nitrogens is 2. The summed E-state index contributed by atoms with van der Waals surface area (Å²) in [6.45, 7) is 0.644. The molecule has 0 bridgehead atoms. The Morgan fingerprint density at radius 3 is 2.62 bits per heavy atom. The molecule has 1 aromatic heterocycles. The van der Waals surface area contributed by atoms with Crippen LogP contribution in [-0.4, -0.2) is 42.2 Å². The van der Waals surface area contributed by atoms with Gasteiger partial charge in [0.1, 0.15) is 5.75 Å². The molecular weight excluding hydrogens is 336 g/mol. The third kappa shape index (κ3) is 5.05. The molecule has 3 rings (SSSR count). The Bertz CT molecular complexity index is 753. The number of carbonyl (C=O) groups excluding carboxylic acids is 2. The molecule has 1 fully saturated rings. The van der Waals surface area contributed by atoms with Gasteiger partial charge in [-0.15, -0.1) is 0 Å². The van der Waals surface area contributed by atoms with E-state index in [0.29, 0.717) is 37.7 Å². The van der Waals surface area contributed by atoms with Crippen LogP contribution in [0.2, 0.25) is 0 Å². The van der Waals surface area contributed by atoms with Gasteiger partial charge >= 0.3 is 11.8 Å². The molecular formula is C18H22N4O4. The maximum Gasteiger partial charge on any atom is 0.315 e. The van der Waals surface area contributed by atoms with Crippen LogP contribution in [0.1, 0.15) is 47.3 Å². The fourth-order valence-corrected chi connectivity index (χ4v) is 2.43. The van der Waals surface area contributed by atoms with Gasteiger partial charge in [-0.3, -0.25) is 9.59 Å². The normalized spacial score (nSPS) is 13.3. The third-order valence-electron chi connectivity index (χ3n) is 4.11. The summed E-state index contributed by atoms with van der Waals surface area (Å²) in [5, 5.41) is 9.22. The molecule has 2 aromatic rings. The molecule has 8 heteroatoms. The molecule has 2 N–H and O–H groups in total. The van der Waals surface area contributed by atoms with Crippen LogP contribution in [0, 0.1) is 0 Å². The minimum absolute atomic E-state index is 0.0299. The van der Waals surface area contributed by atoms with Crippen molar-refractivity contribution in [1.82, 2.24) is 20.8 Å². The van der Waals surface area contributed by atoms with Gasteiger partial charge in [0.05, 0.1) is 7.11 Å². The van der Waals surface area contributed by atoms with Crippen molar-refractivity contribution >= 4 is 11.8 Å². The lowest BCUT2D eigenvalue weighted by Crippen LogP contribution is -2.34. The average Bonchev–Trinajstić information content (AvgIpc) is 3.40. The lowest BCUT2D eigenvalue weighted by molar-refractivity contribution is -0.121. The Labute approximate surface area is 151 Å². The predicted octanol–water partition coefficient (Wildman–Crippen LogP) is 1.43. The lowest BCUT2D eigenvalue weighted by Gasteiger charge is -2.06. The van der Waals surface area contributed by atoms with E-state index in [1.54, 1.807) is 7.11 Å². The molecule has 0 atom stereocenters. The second-order valence-electron chi connectivity index (χ2n) is 6.19. The van der Waals surface area contributed by atoms with Crippen molar-refractivity contribution in [2.45, 2.75) is 31.6 Å². The van der Waals surface area contributed by atoms with Crippen molar-refractivity contribution in [3.05, 3.63) is 41.5 Å². The molecule has 0 aliphatic heterocycles. The zero-order valence-corrected chi connectivity index (χ0v) is 14.7. The Kier molecular flexibility index (Phi) is 5.83. The smallest absolute Gasteiger partial charge is 0.315 e. The molecule has 2 amide bonds. The molecule has 0 spiro atoms. The van der Waals surface area contributed by atoms with E-state index in [2.05, 4.69) is 20.8 Å². The quantitative estimate of drug-likeness (QED) is 0.657. The van der Waals surface area contributed by atoms with Gasteiger partial charge in [-0.25, -0.2) is 0 Å². The lowest BCUT2D eigenvalue weighted by atomic mass is 10.1. The summed E-state index contributed by atoms with van der Waals surface area (Å²) < 4.78 is 10.0. The van der Waals surface area contributed by atoms with Crippen molar-refractivity contribution in [2.75, 3.05) is 20.2 Å². The van der Waals surface area contributed by atoms with Gasteiger partial charge in [-0.05, 0) is 37.0 Å². The minimum atomic E-state index is -0.420. The zero-order valence-electron chi connectivity index (χ0n) is 14.7. The Morgan fingerprint density at radius 2 is 1.92 bits per heavy atom. The van der Waals surface area contributed by atoms with Gasteiger partial charge in [0.25, 0.3) is 0 Å². The van der Waals surface area contributed by atoms with Crippen LogP contribution in [0.15, 0.2) is 28.8 Å². The van der Waals surface area contributed by atoms with Gasteiger partial charge < -0.3 is 19.9 Å². The standard InChI is InChI=1S/C18H22N4O4/c1-25-14-7-2-12(3-8-14)4-9-15(23)19-10-11-20-17(24)18-21-16(22-26-18)13-5-6-13/h2-3,7-8,13H,4-6,9-11H2,1H3,(H,19,23)(H,20,24). The summed E-state index contributed by atoms with van der Waals surface area (Å²) in [6.07, 6.45) is 3.12. The minimum Gasteiger partial charge on any atom is -0.497 e. The van der Waals surface area contributed by atoms with Crippen LogP contribution in [-0.2, 0) is 11.2 Å². The van der Waals surface area contributed by atoms with Crippen molar-refractivity contribution in [1.29, 1.82) is 0 Å². The van der Waals surface area contributed by atoms with Crippen molar-refractivity contribution in [3.8, 4) is 5.75 Å². The van der Waals surface area contributed by atoms with Crippen molar-refractivity contribution in [3.63, 3.8) is 0 Å². The van der Waals surface area contributed by atoms with E-state index in [4.69, 9.17) is 9.26 Å². The first-order chi connectivity index (χ1) is 12.7. The van der Waals surface area contributed by atoms with Gasteiger partial charge in [0.15, 0.2) is 5.82 Å². The maximum atomic E-state index is 11.9. The Balaban J connectivity index is 1.30. The van der Waals surface area contributed by atoms with Gasteiger partial charge in [0.2, 0.25) is 5.91 Å². The van der Waals surface area contributed by atoms with E-state index in [-0.39, 0.29) is 11.8 Å².